The van der Waals surface area contributed by atoms with Crippen LogP contribution in [0.25, 0.3) is 5.65 Å². The third kappa shape index (κ3) is 3.71. The van der Waals surface area contributed by atoms with Crippen molar-refractivity contribution in [2.75, 3.05) is 6.54 Å². The molecule has 0 aliphatic heterocycles. The minimum absolute atomic E-state index is 0.0864. The van der Waals surface area contributed by atoms with Gasteiger partial charge in [0, 0.05) is 19.3 Å². The number of nitrogens with one attached hydrogen (secondary N) is 1. The molecule has 152 valence electrons. The average Bonchev–Trinajstić information content (AvgIpc) is 3.45. The van der Waals surface area contributed by atoms with Crippen LogP contribution in [-0.4, -0.2) is 26.6 Å². The summed E-state index contributed by atoms with van der Waals surface area (Å²) in [6.45, 7) is 7.58. The van der Waals surface area contributed by atoms with E-state index in [4.69, 9.17) is 0 Å². The highest BCUT2D eigenvalue weighted by Gasteiger charge is 2.51. The van der Waals surface area contributed by atoms with Gasteiger partial charge in [0.05, 0.1) is 5.41 Å². The predicted molar refractivity (Wildman–Crippen MR) is 113 cm³/mol. The van der Waals surface area contributed by atoms with Crippen molar-refractivity contribution in [3.05, 3.63) is 70.3 Å². The van der Waals surface area contributed by atoms with Crippen molar-refractivity contribution in [3.8, 4) is 0 Å². The van der Waals surface area contributed by atoms with Crippen molar-refractivity contribution in [1.82, 2.24) is 19.5 Å². The van der Waals surface area contributed by atoms with Gasteiger partial charge in [-0.3, -0.25) is 9.20 Å². The van der Waals surface area contributed by atoms with Crippen LogP contribution in [0.5, 0.6) is 0 Å². The van der Waals surface area contributed by atoms with Crippen LogP contribution in [-0.2, 0) is 22.2 Å². The van der Waals surface area contributed by atoms with Crippen LogP contribution in [0.15, 0.2) is 53.5 Å². The second-order valence-corrected chi connectivity index (χ2v) is 8.95. The Bertz CT molecular complexity index is 1080. The minimum Gasteiger partial charge on any atom is -0.355 e. The van der Waals surface area contributed by atoms with E-state index in [9.17, 15) is 9.59 Å². The first-order valence-corrected chi connectivity index (χ1v) is 10.2. The van der Waals surface area contributed by atoms with Gasteiger partial charge < -0.3 is 5.32 Å². The van der Waals surface area contributed by atoms with Crippen molar-refractivity contribution in [2.24, 2.45) is 0 Å². The van der Waals surface area contributed by atoms with Crippen LogP contribution in [0.4, 0.5) is 0 Å². The number of pyridine rings is 1. The molecule has 6 nitrogen and oxygen atoms in total. The van der Waals surface area contributed by atoms with E-state index >= 15 is 0 Å². The zero-order valence-electron chi connectivity index (χ0n) is 17.3. The molecule has 6 heteroatoms. The quantitative estimate of drug-likeness (QED) is 0.656. The molecule has 1 N–H and O–H groups in total. The highest BCUT2D eigenvalue weighted by atomic mass is 16.2. The number of rotatable bonds is 6. The average molecular weight is 393 g/mol. The monoisotopic (exact) mass is 392 g/mol. The highest BCUT2D eigenvalue weighted by molar-refractivity contribution is 5.91. The third-order valence-corrected chi connectivity index (χ3v) is 5.81. The normalized spacial score (nSPS) is 15.4. The molecule has 4 rings (SSSR count). The number of hydrogen-bond donors (Lipinski definition) is 1. The van der Waals surface area contributed by atoms with E-state index in [1.807, 2.05) is 18.2 Å². The van der Waals surface area contributed by atoms with Crippen LogP contribution >= 0.6 is 0 Å². The van der Waals surface area contributed by atoms with Gasteiger partial charge in [-0.25, -0.2) is 9.48 Å². The second-order valence-electron chi connectivity index (χ2n) is 8.95. The Labute approximate surface area is 170 Å². The van der Waals surface area contributed by atoms with Crippen LogP contribution in [0, 0.1) is 0 Å². The highest BCUT2D eigenvalue weighted by Crippen LogP contribution is 2.48. The molecule has 0 saturated heterocycles. The topological polar surface area (TPSA) is 68.4 Å². The van der Waals surface area contributed by atoms with Gasteiger partial charge in [-0.1, -0.05) is 51.1 Å². The summed E-state index contributed by atoms with van der Waals surface area (Å²) in [5.74, 6) is 0.0864. The van der Waals surface area contributed by atoms with Gasteiger partial charge in [-0.15, -0.1) is 5.10 Å². The molecule has 0 unspecified atom stereocenters. The van der Waals surface area contributed by atoms with Crippen molar-refractivity contribution in [1.29, 1.82) is 0 Å². The van der Waals surface area contributed by atoms with Gasteiger partial charge in [-0.05, 0) is 47.9 Å². The molecule has 2 heterocycles. The smallest absolute Gasteiger partial charge is 0.350 e. The number of carbonyl (C=O) groups excluding carboxylic acids is 1. The maximum absolute atomic E-state index is 12.8. The zero-order valence-corrected chi connectivity index (χ0v) is 17.3. The predicted octanol–water partition coefficient (Wildman–Crippen LogP) is 3.03. The lowest BCUT2D eigenvalue weighted by molar-refractivity contribution is -0.123. The Hall–Kier alpha value is -2.89. The van der Waals surface area contributed by atoms with E-state index in [1.165, 1.54) is 14.6 Å². The standard InChI is InChI=1S/C23H28N4O2/c1-22(2,3)17-8-10-18(11-9-17)23(12-13-23)20(28)24-14-6-16-27-21(29)26-15-5-4-7-19(26)25-27/h4-5,7-11,15H,6,12-14,16H2,1-3H3,(H,24,28). The zero-order chi connectivity index (χ0) is 20.6. The number of amides is 1. The molecule has 2 aromatic heterocycles. The Morgan fingerprint density at radius 1 is 1.14 bits per heavy atom. The molecule has 0 bridgehead atoms. The van der Waals surface area contributed by atoms with Crippen molar-refractivity contribution in [2.45, 2.75) is 57.4 Å². The van der Waals surface area contributed by atoms with Crippen LogP contribution in [0.1, 0.15) is 51.2 Å². The SMILES string of the molecule is CC(C)(C)c1ccc(C2(C(=O)NCCCn3nc4ccccn4c3=O)CC2)cc1. The van der Waals surface area contributed by atoms with E-state index < -0.39 is 0 Å². The molecule has 29 heavy (non-hydrogen) atoms. The summed E-state index contributed by atoms with van der Waals surface area (Å²) in [6.07, 6.45) is 4.15. The number of nitrogens with zero attached hydrogens (tertiary/aromatic N) is 3. The van der Waals surface area contributed by atoms with E-state index in [2.05, 4.69) is 55.5 Å². The number of hydrogen-bond acceptors (Lipinski definition) is 3. The lowest BCUT2D eigenvalue weighted by atomic mass is 9.85. The largest absolute Gasteiger partial charge is 0.355 e. The molecule has 1 saturated carbocycles. The molecule has 3 aromatic rings. The Kier molecular flexibility index (Phi) is 4.81. The van der Waals surface area contributed by atoms with Crippen LogP contribution < -0.4 is 11.0 Å². The van der Waals surface area contributed by atoms with Crippen LogP contribution in [0.2, 0.25) is 0 Å². The lowest BCUT2D eigenvalue weighted by Crippen LogP contribution is -2.36. The van der Waals surface area contributed by atoms with Crippen molar-refractivity contribution < 1.29 is 4.79 Å². The van der Waals surface area contributed by atoms with E-state index in [0.717, 1.165) is 18.4 Å². The summed E-state index contributed by atoms with van der Waals surface area (Å²) >= 11 is 0. The summed E-state index contributed by atoms with van der Waals surface area (Å²) in [7, 11) is 0. The third-order valence-electron chi connectivity index (χ3n) is 5.81. The van der Waals surface area contributed by atoms with Gasteiger partial charge in [0.25, 0.3) is 0 Å². The molecule has 0 radical (unpaired) electrons. The fraction of sp³-hybridized carbons (Fsp3) is 0.435. The summed E-state index contributed by atoms with van der Waals surface area (Å²) < 4.78 is 2.98. The number of fused-ring (bicyclic) bond motifs is 1. The molecular formula is C23H28N4O2. The first kappa shape index (κ1) is 19.4. The number of carbonyl (C=O) groups is 1. The maximum Gasteiger partial charge on any atom is 0.350 e. The molecule has 1 amide bonds. The Morgan fingerprint density at radius 2 is 1.86 bits per heavy atom. The number of aromatic nitrogens is 3. The number of aryl methyl sites for hydroxylation is 1. The molecule has 0 atom stereocenters. The summed E-state index contributed by atoms with van der Waals surface area (Å²) in [6, 6.07) is 13.9. The van der Waals surface area contributed by atoms with Gasteiger partial charge >= 0.3 is 5.69 Å². The lowest BCUT2D eigenvalue weighted by Gasteiger charge is -2.21. The van der Waals surface area contributed by atoms with E-state index in [0.29, 0.717) is 25.2 Å². The Morgan fingerprint density at radius 3 is 2.48 bits per heavy atom. The maximum atomic E-state index is 12.8. The van der Waals surface area contributed by atoms with Crippen molar-refractivity contribution >= 4 is 11.6 Å². The summed E-state index contributed by atoms with van der Waals surface area (Å²) in [4.78, 5) is 25.1. The molecule has 0 spiro atoms. The summed E-state index contributed by atoms with van der Waals surface area (Å²) in [5.41, 5.74) is 2.58. The van der Waals surface area contributed by atoms with E-state index in [1.54, 1.807) is 6.20 Å². The first-order valence-electron chi connectivity index (χ1n) is 10.2. The van der Waals surface area contributed by atoms with E-state index in [-0.39, 0.29) is 22.4 Å². The van der Waals surface area contributed by atoms with Crippen molar-refractivity contribution in [3.63, 3.8) is 0 Å². The minimum atomic E-state index is -0.379. The molecule has 1 aliphatic rings. The number of benzene rings is 1. The molecule has 1 fully saturated rings. The second kappa shape index (κ2) is 7.17. The van der Waals surface area contributed by atoms with Gasteiger partial charge in [0.15, 0.2) is 5.65 Å². The van der Waals surface area contributed by atoms with Gasteiger partial charge in [0.2, 0.25) is 5.91 Å². The molecule has 1 aliphatic carbocycles. The fourth-order valence-corrected chi connectivity index (χ4v) is 3.77. The fourth-order valence-electron chi connectivity index (χ4n) is 3.77. The molecule has 1 aromatic carbocycles. The molecular weight excluding hydrogens is 364 g/mol. The summed E-state index contributed by atoms with van der Waals surface area (Å²) in [5, 5.41) is 7.38. The Balaban J connectivity index is 1.34. The first-order chi connectivity index (χ1) is 13.8. The van der Waals surface area contributed by atoms with Gasteiger partial charge in [-0.2, -0.15) is 0 Å². The van der Waals surface area contributed by atoms with Crippen LogP contribution in [0.3, 0.4) is 0 Å². The van der Waals surface area contributed by atoms with Gasteiger partial charge in [0.1, 0.15) is 0 Å².